The molecule has 3 heterocycles. The molecule has 5 nitrogen and oxygen atoms in total. The third-order valence-electron chi connectivity index (χ3n) is 4.95. The number of hydrogen-bond donors (Lipinski definition) is 1. The Morgan fingerprint density at radius 3 is 2.92 bits per heavy atom. The molecule has 0 bridgehead atoms. The van der Waals surface area contributed by atoms with Crippen molar-refractivity contribution in [2.45, 2.75) is 19.1 Å². The monoisotopic (exact) mass is 348 g/mol. The maximum atomic E-state index is 5.94. The van der Waals surface area contributed by atoms with E-state index in [2.05, 4.69) is 44.1 Å². The van der Waals surface area contributed by atoms with Gasteiger partial charge in [0.2, 0.25) is 0 Å². The molecule has 2 atom stereocenters. The summed E-state index contributed by atoms with van der Waals surface area (Å²) in [4.78, 5) is 8.90. The van der Waals surface area contributed by atoms with E-state index in [-0.39, 0.29) is 6.10 Å². The predicted molar refractivity (Wildman–Crippen MR) is 101 cm³/mol. The fraction of sp³-hybridized carbons (Fsp3) is 0.333. The first-order valence-electron chi connectivity index (χ1n) is 9.11. The zero-order valence-electron chi connectivity index (χ0n) is 15.0. The van der Waals surface area contributed by atoms with Crippen molar-refractivity contribution in [1.82, 2.24) is 19.9 Å². The first-order valence-corrected chi connectivity index (χ1v) is 9.11. The van der Waals surface area contributed by atoms with Gasteiger partial charge in [-0.05, 0) is 30.2 Å². The third-order valence-corrected chi connectivity index (χ3v) is 4.95. The van der Waals surface area contributed by atoms with Crippen LogP contribution in [0.25, 0.3) is 11.3 Å². The van der Waals surface area contributed by atoms with E-state index in [1.165, 1.54) is 5.56 Å². The van der Waals surface area contributed by atoms with Gasteiger partial charge in [0.25, 0.3) is 0 Å². The number of rotatable bonds is 6. The number of ether oxygens (including phenoxy) is 1. The van der Waals surface area contributed by atoms with E-state index >= 15 is 0 Å². The molecule has 5 heteroatoms. The SMILES string of the molecule is Cn1ccnc1[C@@H]1OCC[C@H]1CNCc1cccc(-c2ccccn2)c1. The van der Waals surface area contributed by atoms with E-state index in [4.69, 9.17) is 4.74 Å². The molecule has 1 aliphatic heterocycles. The van der Waals surface area contributed by atoms with Crippen LogP contribution in [0, 0.1) is 5.92 Å². The Bertz CT molecular complexity index is 846. The van der Waals surface area contributed by atoms with Crippen LogP contribution in [-0.4, -0.2) is 27.7 Å². The maximum absolute atomic E-state index is 5.94. The summed E-state index contributed by atoms with van der Waals surface area (Å²) in [5, 5.41) is 3.60. The minimum Gasteiger partial charge on any atom is -0.370 e. The summed E-state index contributed by atoms with van der Waals surface area (Å²) >= 11 is 0. The average molecular weight is 348 g/mol. The van der Waals surface area contributed by atoms with Gasteiger partial charge in [-0.2, -0.15) is 0 Å². The summed E-state index contributed by atoms with van der Waals surface area (Å²) in [6.45, 7) is 2.56. The van der Waals surface area contributed by atoms with Crippen molar-refractivity contribution in [1.29, 1.82) is 0 Å². The topological polar surface area (TPSA) is 52.0 Å². The van der Waals surface area contributed by atoms with Gasteiger partial charge in [0.1, 0.15) is 11.9 Å². The number of aromatic nitrogens is 3. The van der Waals surface area contributed by atoms with Crippen LogP contribution in [-0.2, 0) is 18.3 Å². The van der Waals surface area contributed by atoms with Crippen LogP contribution in [0.4, 0.5) is 0 Å². The van der Waals surface area contributed by atoms with Gasteiger partial charge in [-0.3, -0.25) is 4.98 Å². The van der Waals surface area contributed by atoms with E-state index in [1.54, 1.807) is 0 Å². The summed E-state index contributed by atoms with van der Waals surface area (Å²) in [5.41, 5.74) is 3.42. The highest BCUT2D eigenvalue weighted by Crippen LogP contribution is 2.32. The molecule has 1 N–H and O–H groups in total. The van der Waals surface area contributed by atoms with Gasteiger partial charge < -0.3 is 14.6 Å². The first kappa shape index (κ1) is 16.9. The number of benzene rings is 1. The molecule has 4 rings (SSSR count). The maximum Gasteiger partial charge on any atom is 0.137 e. The molecule has 1 aliphatic rings. The molecule has 0 aliphatic carbocycles. The number of imidazole rings is 1. The Hall–Kier alpha value is -2.50. The van der Waals surface area contributed by atoms with Crippen molar-refractivity contribution in [3.05, 3.63) is 72.4 Å². The molecule has 1 fully saturated rings. The zero-order chi connectivity index (χ0) is 17.8. The average Bonchev–Trinajstić information content (AvgIpc) is 3.31. The van der Waals surface area contributed by atoms with E-state index in [0.717, 1.165) is 43.2 Å². The van der Waals surface area contributed by atoms with Crippen LogP contribution in [0.3, 0.4) is 0 Å². The predicted octanol–water partition coefficient (Wildman–Crippen LogP) is 3.35. The lowest BCUT2D eigenvalue weighted by atomic mass is 10.0. The van der Waals surface area contributed by atoms with Crippen molar-refractivity contribution >= 4 is 0 Å². The Balaban J connectivity index is 1.37. The molecular formula is C21H24N4O. The molecule has 1 saturated heterocycles. The summed E-state index contributed by atoms with van der Waals surface area (Å²) in [7, 11) is 2.03. The van der Waals surface area contributed by atoms with Crippen molar-refractivity contribution < 1.29 is 4.74 Å². The molecule has 0 amide bonds. The summed E-state index contributed by atoms with van der Waals surface area (Å²) in [6, 6.07) is 14.6. The number of nitrogens with one attached hydrogen (secondary N) is 1. The second-order valence-corrected chi connectivity index (χ2v) is 6.78. The van der Waals surface area contributed by atoms with Crippen LogP contribution in [0.2, 0.25) is 0 Å². The normalized spacial score (nSPS) is 19.7. The molecule has 0 saturated carbocycles. The summed E-state index contributed by atoms with van der Waals surface area (Å²) in [6.07, 6.45) is 6.80. The summed E-state index contributed by atoms with van der Waals surface area (Å²) in [5.74, 6) is 1.47. The molecule has 1 aromatic carbocycles. The second-order valence-electron chi connectivity index (χ2n) is 6.78. The quantitative estimate of drug-likeness (QED) is 0.742. The Kier molecular flexibility index (Phi) is 5.09. The summed E-state index contributed by atoms with van der Waals surface area (Å²) < 4.78 is 7.99. The standard InChI is InChI=1S/C21H24N4O/c1-25-11-10-24-21(25)20-18(8-12-26-20)15-22-14-16-5-4-6-17(13-16)19-7-2-3-9-23-19/h2-7,9-11,13,18,20,22H,8,12,14-15H2,1H3/t18-,20+/m0/s1. The Morgan fingerprint density at radius 2 is 2.12 bits per heavy atom. The van der Waals surface area contributed by atoms with Crippen molar-refractivity contribution in [3.8, 4) is 11.3 Å². The van der Waals surface area contributed by atoms with Crippen LogP contribution in [0.1, 0.15) is 23.9 Å². The molecule has 0 spiro atoms. The lowest BCUT2D eigenvalue weighted by Crippen LogP contribution is -2.25. The van der Waals surface area contributed by atoms with E-state index < -0.39 is 0 Å². The van der Waals surface area contributed by atoms with E-state index in [0.29, 0.717) is 5.92 Å². The largest absolute Gasteiger partial charge is 0.370 e. The molecular weight excluding hydrogens is 324 g/mol. The highest BCUT2D eigenvalue weighted by molar-refractivity contribution is 5.59. The number of aryl methyl sites for hydroxylation is 1. The number of pyridine rings is 1. The lowest BCUT2D eigenvalue weighted by molar-refractivity contribution is 0.0811. The van der Waals surface area contributed by atoms with Gasteiger partial charge in [0, 0.05) is 56.8 Å². The Labute approximate surface area is 154 Å². The third kappa shape index (κ3) is 3.69. The van der Waals surface area contributed by atoms with Crippen LogP contribution in [0.5, 0.6) is 0 Å². The molecule has 0 radical (unpaired) electrons. The smallest absolute Gasteiger partial charge is 0.137 e. The minimum absolute atomic E-state index is 0.0855. The molecule has 26 heavy (non-hydrogen) atoms. The van der Waals surface area contributed by atoms with Crippen molar-refractivity contribution in [3.63, 3.8) is 0 Å². The van der Waals surface area contributed by atoms with Crippen LogP contribution < -0.4 is 5.32 Å². The number of nitrogens with zero attached hydrogens (tertiary/aromatic N) is 3. The molecule has 0 unspecified atom stereocenters. The minimum atomic E-state index is 0.0855. The van der Waals surface area contributed by atoms with Gasteiger partial charge in [0.15, 0.2) is 0 Å². The van der Waals surface area contributed by atoms with Crippen LogP contribution >= 0.6 is 0 Å². The lowest BCUT2D eigenvalue weighted by Gasteiger charge is -2.19. The van der Waals surface area contributed by atoms with Gasteiger partial charge in [0.05, 0.1) is 5.69 Å². The second kappa shape index (κ2) is 7.81. The van der Waals surface area contributed by atoms with Crippen molar-refractivity contribution in [2.75, 3.05) is 13.2 Å². The van der Waals surface area contributed by atoms with Gasteiger partial charge in [-0.25, -0.2) is 4.98 Å². The molecule has 134 valence electrons. The Morgan fingerprint density at radius 1 is 1.15 bits per heavy atom. The van der Waals surface area contributed by atoms with Gasteiger partial charge in [-0.1, -0.05) is 24.3 Å². The van der Waals surface area contributed by atoms with Crippen molar-refractivity contribution in [2.24, 2.45) is 13.0 Å². The highest BCUT2D eigenvalue weighted by atomic mass is 16.5. The molecule has 2 aromatic heterocycles. The van der Waals surface area contributed by atoms with E-state index in [9.17, 15) is 0 Å². The van der Waals surface area contributed by atoms with E-state index in [1.807, 2.05) is 43.8 Å². The molecule has 3 aromatic rings. The highest BCUT2D eigenvalue weighted by Gasteiger charge is 2.31. The fourth-order valence-corrected chi connectivity index (χ4v) is 3.56. The van der Waals surface area contributed by atoms with Crippen LogP contribution in [0.15, 0.2) is 61.1 Å². The van der Waals surface area contributed by atoms with Gasteiger partial charge >= 0.3 is 0 Å². The fourth-order valence-electron chi connectivity index (χ4n) is 3.56. The first-order chi connectivity index (χ1) is 12.8. The number of hydrogen-bond acceptors (Lipinski definition) is 4. The van der Waals surface area contributed by atoms with Gasteiger partial charge in [-0.15, -0.1) is 0 Å². The zero-order valence-corrected chi connectivity index (χ0v) is 15.0.